The minimum atomic E-state index is -0.0696. The van der Waals surface area contributed by atoms with Crippen LogP contribution in [0, 0.1) is 5.92 Å². The van der Waals surface area contributed by atoms with Gasteiger partial charge in [0, 0.05) is 12.8 Å². The third kappa shape index (κ3) is 17.8. The summed E-state index contributed by atoms with van der Waals surface area (Å²) in [5.41, 5.74) is 0. The van der Waals surface area contributed by atoms with Gasteiger partial charge in [-0.3, -0.25) is 9.59 Å². The maximum atomic E-state index is 11.7. The van der Waals surface area contributed by atoms with Crippen molar-refractivity contribution in [3.8, 4) is 0 Å². The van der Waals surface area contributed by atoms with Gasteiger partial charge in [-0.2, -0.15) is 0 Å². The molecule has 0 fully saturated rings. The zero-order valence-corrected chi connectivity index (χ0v) is 17.7. The summed E-state index contributed by atoms with van der Waals surface area (Å²) < 4.78 is 10.6. The predicted molar refractivity (Wildman–Crippen MR) is 107 cm³/mol. The molecule has 0 N–H and O–H groups in total. The molecule has 0 rings (SSSR count). The first-order valence-corrected chi connectivity index (χ1v) is 10.8. The molecule has 4 nitrogen and oxygen atoms in total. The standard InChI is InChI=1S/C22H42O4/c1-5-6-7-14-17-25-21(23)15-12-10-8-9-11-13-16-22(24)26-20(4)18-19(2)3/h19-20H,5-18H2,1-4H3. The van der Waals surface area contributed by atoms with Crippen LogP contribution in [0.3, 0.4) is 0 Å². The molecule has 0 bridgehead atoms. The molecule has 4 heteroatoms. The van der Waals surface area contributed by atoms with Crippen LogP contribution in [0.25, 0.3) is 0 Å². The Morgan fingerprint density at radius 3 is 1.85 bits per heavy atom. The predicted octanol–water partition coefficient (Wildman–Crippen LogP) is 6.21. The smallest absolute Gasteiger partial charge is 0.306 e. The lowest BCUT2D eigenvalue weighted by atomic mass is 10.1. The van der Waals surface area contributed by atoms with E-state index in [1.807, 2.05) is 6.92 Å². The van der Waals surface area contributed by atoms with Crippen LogP contribution >= 0.6 is 0 Å². The summed E-state index contributed by atoms with van der Waals surface area (Å²) in [4.78, 5) is 23.3. The third-order valence-corrected chi connectivity index (χ3v) is 4.41. The number of unbranched alkanes of at least 4 members (excludes halogenated alkanes) is 8. The fraction of sp³-hybridized carbons (Fsp3) is 0.909. The highest BCUT2D eigenvalue weighted by Crippen LogP contribution is 2.12. The van der Waals surface area contributed by atoms with Crippen LogP contribution < -0.4 is 0 Å². The summed E-state index contributed by atoms with van der Waals surface area (Å²) in [7, 11) is 0. The molecular weight excluding hydrogens is 328 g/mol. The Kier molecular flexibility index (Phi) is 16.7. The number of hydrogen-bond donors (Lipinski definition) is 0. The van der Waals surface area contributed by atoms with Gasteiger partial charge in [-0.05, 0) is 38.5 Å². The van der Waals surface area contributed by atoms with E-state index in [2.05, 4.69) is 20.8 Å². The summed E-state index contributed by atoms with van der Waals surface area (Å²) in [5, 5.41) is 0. The summed E-state index contributed by atoms with van der Waals surface area (Å²) in [6.45, 7) is 8.99. The van der Waals surface area contributed by atoms with E-state index in [1.54, 1.807) is 0 Å². The Morgan fingerprint density at radius 2 is 1.27 bits per heavy atom. The molecular formula is C22H42O4. The van der Waals surface area contributed by atoms with Crippen molar-refractivity contribution in [1.82, 2.24) is 0 Å². The molecule has 0 heterocycles. The lowest BCUT2D eigenvalue weighted by Crippen LogP contribution is -2.16. The monoisotopic (exact) mass is 370 g/mol. The molecule has 0 radical (unpaired) electrons. The quantitative estimate of drug-likeness (QED) is 0.226. The largest absolute Gasteiger partial charge is 0.466 e. The van der Waals surface area contributed by atoms with Gasteiger partial charge in [0.2, 0.25) is 0 Å². The Morgan fingerprint density at radius 1 is 0.731 bits per heavy atom. The molecule has 0 aliphatic rings. The van der Waals surface area contributed by atoms with E-state index in [4.69, 9.17) is 9.47 Å². The Labute approximate surface area is 161 Å². The van der Waals surface area contributed by atoms with Crippen LogP contribution in [-0.4, -0.2) is 24.6 Å². The molecule has 0 aliphatic heterocycles. The second-order valence-corrected chi connectivity index (χ2v) is 7.83. The zero-order chi connectivity index (χ0) is 19.6. The molecule has 1 unspecified atom stereocenters. The second kappa shape index (κ2) is 17.4. The number of carbonyl (C=O) groups is 2. The molecule has 0 spiro atoms. The Balaban J connectivity index is 3.37. The molecule has 0 amide bonds. The average molecular weight is 371 g/mol. The number of hydrogen-bond acceptors (Lipinski definition) is 4. The van der Waals surface area contributed by atoms with Crippen molar-refractivity contribution in [2.45, 2.75) is 117 Å². The van der Waals surface area contributed by atoms with Gasteiger partial charge >= 0.3 is 11.9 Å². The van der Waals surface area contributed by atoms with Crippen LogP contribution in [0.4, 0.5) is 0 Å². The van der Waals surface area contributed by atoms with Crippen molar-refractivity contribution in [1.29, 1.82) is 0 Å². The molecule has 0 aromatic carbocycles. The molecule has 154 valence electrons. The van der Waals surface area contributed by atoms with Crippen LogP contribution in [0.2, 0.25) is 0 Å². The van der Waals surface area contributed by atoms with Crippen LogP contribution in [0.15, 0.2) is 0 Å². The van der Waals surface area contributed by atoms with E-state index in [0.717, 1.165) is 57.8 Å². The minimum absolute atomic E-state index is 0.0221. The molecule has 0 aromatic heterocycles. The van der Waals surface area contributed by atoms with Crippen molar-refractivity contribution in [3.05, 3.63) is 0 Å². The Hall–Kier alpha value is -1.06. The highest BCUT2D eigenvalue weighted by molar-refractivity contribution is 5.69. The molecule has 0 saturated carbocycles. The van der Waals surface area contributed by atoms with Gasteiger partial charge in [-0.15, -0.1) is 0 Å². The summed E-state index contributed by atoms with van der Waals surface area (Å²) >= 11 is 0. The van der Waals surface area contributed by atoms with Gasteiger partial charge in [0.05, 0.1) is 12.7 Å². The highest BCUT2D eigenvalue weighted by atomic mass is 16.5. The van der Waals surface area contributed by atoms with Gasteiger partial charge in [0.1, 0.15) is 0 Å². The van der Waals surface area contributed by atoms with Crippen molar-refractivity contribution < 1.29 is 19.1 Å². The first-order chi connectivity index (χ1) is 12.5. The van der Waals surface area contributed by atoms with Crippen molar-refractivity contribution >= 4 is 11.9 Å². The first kappa shape index (κ1) is 24.9. The summed E-state index contributed by atoms with van der Waals surface area (Å²) in [6, 6.07) is 0. The SMILES string of the molecule is CCCCCCOC(=O)CCCCCCCCC(=O)OC(C)CC(C)C. The van der Waals surface area contributed by atoms with Gasteiger partial charge < -0.3 is 9.47 Å². The maximum absolute atomic E-state index is 11.7. The number of ether oxygens (including phenoxy) is 2. The van der Waals surface area contributed by atoms with E-state index in [1.165, 1.54) is 12.8 Å². The van der Waals surface area contributed by atoms with E-state index in [9.17, 15) is 9.59 Å². The van der Waals surface area contributed by atoms with Crippen LogP contribution in [0.5, 0.6) is 0 Å². The van der Waals surface area contributed by atoms with Crippen molar-refractivity contribution in [2.24, 2.45) is 5.92 Å². The van der Waals surface area contributed by atoms with E-state index in [0.29, 0.717) is 25.4 Å². The second-order valence-electron chi connectivity index (χ2n) is 7.83. The van der Waals surface area contributed by atoms with Gasteiger partial charge in [-0.25, -0.2) is 0 Å². The fourth-order valence-electron chi connectivity index (χ4n) is 3.03. The Bertz CT molecular complexity index is 352. The van der Waals surface area contributed by atoms with E-state index in [-0.39, 0.29) is 18.0 Å². The van der Waals surface area contributed by atoms with Crippen molar-refractivity contribution in [2.75, 3.05) is 6.61 Å². The normalized spacial score (nSPS) is 12.2. The lowest BCUT2D eigenvalue weighted by Gasteiger charge is -2.15. The fourth-order valence-corrected chi connectivity index (χ4v) is 3.03. The zero-order valence-electron chi connectivity index (χ0n) is 17.7. The number of esters is 2. The summed E-state index contributed by atoms with van der Waals surface area (Å²) in [5.74, 6) is 0.427. The highest BCUT2D eigenvalue weighted by Gasteiger charge is 2.10. The van der Waals surface area contributed by atoms with E-state index >= 15 is 0 Å². The lowest BCUT2D eigenvalue weighted by molar-refractivity contribution is -0.149. The molecule has 0 aliphatic carbocycles. The molecule has 0 aromatic rings. The number of rotatable bonds is 17. The molecule has 26 heavy (non-hydrogen) atoms. The first-order valence-electron chi connectivity index (χ1n) is 10.8. The summed E-state index contributed by atoms with van der Waals surface area (Å²) in [6.07, 6.45) is 12.7. The minimum Gasteiger partial charge on any atom is -0.466 e. The van der Waals surface area contributed by atoms with Gasteiger partial charge in [0.25, 0.3) is 0 Å². The van der Waals surface area contributed by atoms with Gasteiger partial charge in [-0.1, -0.05) is 65.7 Å². The van der Waals surface area contributed by atoms with Crippen LogP contribution in [0.1, 0.15) is 111 Å². The van der Waals surface area contributed by atoms with Gasteiger partial charge in [0.15, 0.2) is 0 Å². The maximum Gasteiger partial charge on any atom is 0.306 e. The van der Waals surface area contributed by atoms with Crippen molar-refractivity contribution in [3.63, 3.8) is 0 Å². The third-order valence-electron chi connectivity index (χ3n) is 4.41. The molecule has 0 saturated heterocycles. The molecule has 1 atom stereocenters. The number of carbonyl (C=O) groups excluding carboxylic acids is 2. The topological polar surface area (TPSA) is 52.6 Å². The van der Waals surface area contributed by atoms with Crippen LogP contribution in [-0.2, 0) is 19.1 Å². The van der Waals surface area contributed by atoms with E-state index < -0.39 is 0 Å². The average Bonchev–Trinajstić information content (AvgIpc) is 2.56.